The maximum absolute atomic E-state index is 11.3. The van der Waals surface area contributed by atoms with E-state index in [2.05, 4.69) is 11.6 Å². The van der Waals surface area contributed by atoms with Gasteiger partial charge in [-0.15, -0.1) is 0 Å². The Bertz CT molecular complexity index is 419. The van der Waals surface area contributed by atoms with Crippen molar-refractivity contribution in [2.75, 3.05) is 6.61 Å². The summed E-state index contributed by atoms with van der Waals surface area (Å²) in [4.78, 5) is 14.9. The zero-order chi connectivity index (χ0) is 11.4. The number of aliphatic hydroxyl groups is 1. The quantitative estimate of drug-likeness (QED) is 0.558. The molecule has 5 heteroatoms. The van der Waals surface area contributed by atoms with Crippen LogP contribution in [0.2, 0.25) is 0 Å². The Labute approximate surface area is 87.0 Å². The summed E-state index contributed by atoms with van der Waals surface area (Å²) in [6.07, 6.45) is 4.74. The van der Waals surface area contributed by atoms with Crippen molar-refractivity contribution in [2.45, 2.75) is 0 Å². The Morgan fingerprint density at radius 1 is 1.67 bits per heavy atom. The summed E-state index contributed by atoms with van der Waals surface area (Å²) >= 11 is 0. The first-order valence-electron chi connectivity index (χ1n) is 4.30. The summed E-state index contributed by atoms with van der Waals surface area (Å²) < 4.78 is 1.35. The smallest absolute Gasteiger partial charge is 0.294 e. The number of hydrogen-bond acceptors (Lipinski definition) is 4. The van der Waals surface area contributed by atoms with Crippen molar-refractivity contribution in [1.29, 1.82) is 0 Å². The number of hydrogen-bond donors (Lipinski definition) is 2. The molecule has 15 heavy (non-hydrogen) atoms. The number of aromatic nitrogens is 2. The maximum Gasteiger partial charge on any atom is 0.294 e. The molecule has 1 heterocycles. The van der Waals surface area contributed by atoms with Crippen molar-refractivity contribution in [1.82, 2.24) is 9.55 Å². The first-order valence-corrected chi connectivity index (χ1v) is 4.30. The lowest BCUT2D eigenvalue weighted by Crippen LogP contribution is -2.07. The van der Waals surface area contributed by atoms with Gasteiger partial charge in [-0.1, -0.05) is 18.7 Å². The highest BCUT2D eigenvalue weighted by Gasteiger charge is 2.17. The number of allylic oxidation sites excluding steroid dienone is 2. The van der Waals surface area contributed by atoms with Gasteiger partial charge in [-0.25, -0.2) is 0 Å². The predicted octanol–water partition coefficient (Wildman–Crippen LogP) is 0.500. The van der Waals surface area contributed by atoms with Crippen LogP contribution in [0.25, 0.3) is 6.08 Å². The monoisotopic (exact) mass is 208 g/mol. The van der Waals surface area contributed by atoms with E-state index in [1.165, 1.54) is 10.6 Å². The summed E-state index contributed by atoms with van der Waals surface area (Å²) in [6, 6.07) is -0.268. The minimum absolute atomic E-state index is 0.0515. The summed E-state index contributed by atoms with van der Waals surface area (Å²) in [5.41, 5.74) is 0.488. The fourth-order valence-electron chi connectivity index (χ4n) is 1.13. The van der Waals surface area contributed by atoms with Crippen LogP contribution in [0, 0.1) is 0 Å². The lowest BCUT2D eigenvalue weighted by molar-refractivity contribution is 0.0898. The van der Waals surface area contributed by atoms with E-state index in [0.29, 0.717) is 5.69 Å². The molecule has 0 aromatic carbocycles. The van der Waals surface area contributed by atoms with Crippen LogP contribution in [-0.4, -0.2) is 32.2 Å². The van der Waals surface area contributed by atoms with Crippen LogP contribution in [0.15, 0.2) is 18.7 Å². The van der Waals surface area contributed by atoms with E-state index in [1.54, 1.807) is 19.2 Å². The minimum Gasteiger partial charge on any atom is -0.480 e. The second-order valence-electron chi connectivity index (χ2n) is 2.88. The highest BCUT2D eigenvalue weighted by atomic mass is 16.3. The van der Waals surface area contributed by atoms with Gasteiger partial charge < -0.3 is 10.2 Å². The molecular weight excluding hydrogens is 196 g/mol. The number of carbonyl (C=O) groups excluding carboxylic acids is 1. The van der Waals surface area contributed by atoms with Gasteiger partial charge in [0.25, 0.3) is 6.01 Å². The molecule has 5 nitrogen and oxygen atoms in total. The Morgan fingerprint density at radius 2 is 2.33 bits per heavy atom. The van der Waals surface area contributed by atoms with Gasteiger partial charge in [0.05, 0.1) is 5.69 Å². The summed E-state index contributed by atoms with van der Waals surface area (Å²) in [7, 11) is 1.57. The molecule has 0 aliphatic rings. The molecule has 0 spiro atoms. The molecule has 80 valence electrons. The fraction of sp³-hybridized carbons (Fsp3) is 0.200. The number of aliphatic hydroxyl groups excluding tert-OH is 1. The van der Waals surface area contributed by atoms with Crippen molar-refractivity contribution < 1.29 is 15.0 Å². The number of nitrogens with zero attached hydrogens (tertiary/aromatic N) is 2. The molecule has 0 aliphatic heterocycles. The Morgan fingerprint density at radius 3 is 2.87 bits per heavy atom. The van der Waals surface area contributed by atoms with Crippen LogP contribution in [0.3, 0.4) is 0 Å². The molecule has 0 atom stereocenters. The van der Waals surface area contributed by atoms with Gasteiger partial charge >= 0.3 is 0 Å². The number of aromatic hydroxyl groups is 1. The second kappa shape index (κ2) is 4.56. The highest BCUT2D eigenvalue weighted by Crippen LogP contribution is 2.17. The molecule has 1 aromatic heterocycles. The SMILES string of the molecule is C=C/C=C\c1c(C(=O)CO)nc(O)n1C. The van der Waals surface area contributed by atoms with E-state index in [-0.39, 0.29) is 11.7 Å². The van der Waals surface area contributed by atoms with Crippen LogP contribution in [0.4, 0.5) is 0 Å². The van der Waals surface area contributed by atoms with Crippen molar-refractivity contribution in [2.24, 2.45) is 7.05 Å². The summed E-state index contributed by atoms with van der Waals surface area (Å²) in [5.74, 6) is -0.533. The Balaban J connectivity index is 3.26. The summed E-state index contributed by atoms with van der Waals surface area (Å²) in [6.45, 7) is 2.86. The van der Waals surface area contributed by atoms with Crippen LogP contribution in [-0.2, 0) is 7.05 Å². The molecule has 2 N–H and O–H groups in total. The second-order valence-corrected chi connectivity index (χ2v) is 2.88. The van der Waals surface area contributed by atoms with E-state index in [9.17, 15) is 9.90 Å². The van der Waals surface area contributed by atoms with Crippen molar-refractivity contribution in [3.8, 4) is 6.01 Å². The Kier molecular flexibility index (Phi) is 3.41. The number of ketones is 1. The third kappa shape index (κ3) is 2.13. The molecule has 0 radical (unpaired) electrons. The van der Waals surface area contributed by atoms with Gasteiger partial charge in [0.2, 0.25) is 5.78 Å². The topological polar surface area (TPSA) is 75.3 Å². The van der Waals surface area contributed by atoms with E-state index in [0.717, 1.165) is 0 Å². The highest BCUT2D eigenvalue weighted by molar-refractivity contribution is 5.98. The number of imidazole rings is 1. The lowest BCUT2D eigenvalue weighted by atomic mass is 10.2. The third-order valence-corrected chi connectivity index (χ3v) is 1.91. The largest absolute Gasteiger partial charge is 0.480 e. The molecular formula is C10H12N2O3. The van der Waals surface area contributed by atoms with Crippen molar-refractivity contribution >= 4 is 11.9 Å². The van der Waals surface area contributed by atoms with Gasteiger partial charge in [-0.3, -0.25) is 9.36 Å². The van der Waals surface area contributed by atoms with Gasteiger partial charge in [0, 0.05) is 7.05 Å². The van der Waals surface area contributed by atoms with E-state index >= 15 is 0 Å². The van der Waals surface area contributed by atoms with Crippen LogP contribution < -0.4 is 0 Å². The molecule has 0 fully saturated rings. The minimum atomic E-state index is -0.634. The predicted molar refractivity (Wildman–Crippen MR) is 55.5 cm³/mol. The molecule has 0 aliphatic carbocycles. The third-order valence-electron chi connectivity index (χ3n) is 1.91. The zero-order valence-electron chi connectivity index (χ0n) is 8.34. The average molecular weight is 208 g/mol. The van der Waals surface area contributed by atoms with Gasteiger partial charge in [-0.2, -0.15) is 4.98 Å². The molecule has 1 rings (SSSR count). The molecule has 0 saturated heterocycles. The first kappa shape index (κ1) is 11.2. The van der Waals surface area contributed by atoms with E-state index in [4.69, 9.17) is 5.11 Å². The molecule has 0 unspecified atom stereocenters. The van der Waals surface area contributed by atoms with Gasteiger partial charge in [-0.05, 0) is 6.08 Å². The molecule has 0 amide bonds. The van der Waals surface area contributed by atoms with E-state index < -0.39 is 12.4 Å². The number of Topliss-reactive ketones (excluding diaryl/α,β-unsaturated/α-hetero) is 1. The van der Waals surface area contributed by atoms with Crippen molar-refractivity contribution in [3.05, 3.63) is 30.1 Å². The van der Waals surface area contributed by atoms with Crippen LogP contribution in [0.5, 0.6) is 6.01 Å². The molecule has 1 aromatic rings. The molecule has 0 saturated carbocycles. The Hall–Kier alpha value is -1.88. The normalized spacial score (nSPS) is 10.8. The number of carbonyl (C=O) groups is 1. The standard InChI is InChI=1S/C10H12N2O3/c1-3-4-5-7-9(8(14)6-13)11-10(15)12(7)2/h3-5,13H,1,6H2,2H3,(H,11,15)/b5-4-. The zero-order valence-corrected chi connectivity index (χ0v) is 8.34. The molecule has 0 bridgehead atoms. The van der Waals surface area contributed by atoms with Crippen LogP contribution >= 0.6 is 0 Å². The summed E-state index contributed by atoms with van der Waals surface area (Å²) in [5, 5.41) is 18.0. The van der Waals surface area contributed by atoms with Crippen molar-refractivity contribution in [3.63, 3.8) is 0 Å². The van der Waals surface area contributed by atoms with Gasteiger partial charge in [0.1, 0.15) is 12.3 Å². The van der Waals surface area contributed by atoms with E-state index in [1.807, 2.05) is 0 Å². The van der Waals surface area contributed by atoms with Crippen LogP contribution in [0.1, 0.15) is 16.2 Å². The maximum atomic E-state index is 11.3. The number of rotatable bonds is 4. The lowest BCUT2D eigenvalue weighted by Gasteiger charge is -1.97. The first-order chi connectivity index (χ1) is 7.11. The van der Waals surface area contributed by atoms with Gasteiger partial charge in [0.15, 0.2) is 0 Å². The average Bonchev–Trinajstić information content (AvgIpc) is 2.52. The fourth-order valence-corrected chi connectivity index (χ4v) is 1.13.